The Labute approximate surface area is 121 Å². The maximum Gasteiger partial charge on any atom is 0.317 e. The summed E-state index contributed by atoms with van der Waals surface area (Å²) in [5, 5.41) is 11.1. The highest BCUT2D eigenvalue weighted by atomic mass is 16.6. The highest BCUT2D eigenvalue weighted by Gasteiger charge is 2.68. The van der Waals surface area contributed by atoms with Crippen molar-refractivity contribution >= 4 is 17.6 Å². The van der Waals surface area contributed by atoms with E-state index < -0.39 is 28.2 Å². The van der Waals surface area contributed by atoms with E-state index >= 15 is 0 Å². The van der Waals surface area contributed by atoms with Crippen molar-refractivity contribution in [3.8, 4) is 0 Å². The second kappa shape index (κ2) is 5.51. The number of para-hydroxylation sites is 1. The van der Waals surface area contributed by atoms with Gasteiger partial charge >= 0.3 is 11.9 Å². The largest absolute Gasteiger partial charge is 0.468 e. The van der Waals surface area contributed by atoms with E-state index in [0.717, 1.165) is 0 Å². The van der Waals surface area contributed by atoms with E-state index in [1.807, 2.05) is 0 Å². The third kappa shape index (κ3) is 2.35. The summed E-state index contributed by atoms with van der Waals surface area (Å²) in [6.45, 7) is 1.84. The van der Waals surface area contributed by atoms with Gasteiger partial charge in [-0.25, -0.2) is 0 Å². The summed E-state index contributed by atoms with van der Waals surface area (Å²) < 4.78 is 9.68. The van der Waals surface area contributed by atoms with Gasteiger partial charge in [0.15, 0.2) is 0 Å². The van der Waals surface area contributed by atoms with Gasteiger partial charge in [-0.2, -0.15) is 0 Å². The third-order valence-corrected chi connectivity index (χ3v) is 3.66. The molecule has 0 N–H and O–H groups in total. The molecule has 1 fully saturated rings. The number of hydrogen-bond donors (Lipinski definition) is 0. The van der Waals surface area contributed by atoms with Gasteiger partial charge in [0.05, 0.1) is 24.6 Å². The molecule has 0 heterocycles. The molecule has 0 bridgehead atoms. The molecule has 0 unspecified atom stereocenters. The molecule has 0 radical (unpaired) electrons. The average molecular weight is 293 g/mol. The van der Waals surface area contributed by atoms with Gasteiger partial charge in [-0.05, 0) is 13.3 Å². The Balaban J connectivity index is 2.48. The lowest BCUT2D eigenvalue weighted by molar-refractivity contribution is -0.385. The zero-order chi connectivity index (χ0) is 15.6. The molecular weight excluding hydrogens is 278 g/mol. The third-order valence-electron chi connectivity index (χ3n) is 3.66. The van der Waals surface area contributed by atoms with Crippen molar-refractivity contribution < 1.29 is 24.0 Å². The number of esters is 2. The molecule has 0 aliphatic heterocycles. The first-order valence-corrected chi connectivity index (χ1v) is 6.48. The van der Waals surface area contributed by atoms with Gasteiger partial charge in [-0.3, -0.25) is 19.7 Å². The molecule has 1 aromatic rings. The van der Waals surface area contributed by atoms with Crippen LogP contribution in [-0.4, -0.2) is 30.6 Å². The van der Waals surface area contributed by atoms with Crippen molar-refractivity contribution in [1.29, 1.82) is 0 Å². The molecule has 0 aromatic heterocycles. The standard InChI is InChI=1S/C14H15NO6/c1-3-21-12(16)10-8-14(10,13(17)20-2)9-6-4-5-7-11(9)15(18)19/h4-7,10H,3,8H2,1-2H3/t10-,14-/m0/s1. The Morgan fingerprint density at radius 2 is 2.10 bits per heavy atom. The number of methoxy groups -OCH3 is 1. The SMILES string of the molecule is CCOC(=O)[C@@H]1C[C@]1(C(=O)OC)c1ccccc1[N+](=O)[O-]. The number of ether oxygens (including phenoxy) is 2. The fourth-order valence-corrected chi connectivity index (χ4v) is 2.62. The lowest BCUT2D eigenvalue weighted by atomic mass is 9.91. The van der Waals surface area contributed by atoms with Crippen molar-refractivity contribution in [1.82, 2.24) is 0 Å². The number of carbonyl (C=O) groups excluding carboxylic acids is 2. The molecule has 7 nitrogen and oxygen atoms in total. The van der Waals surface area contributed by atoms with Crippen molar-refractivity contribution in [3.05, 3.63) is 39.9 Å². The number of rotatable bonds is 5. The van der Waals surface area contributed by atoms with Crippen LogP contribution in [0.1, 0.15) is 18.9 Å². The van der Waals surface area contributed by atoms with E-state index in [-0.39, 0.29) is 24.3 Å². The average Bonchev–Trinajstić information content (AvgIpc) is 3.23. The Morgan fingerprint density at radius 3 is 2.67 bits per heavy atom. The van der Waals surface area contributed by atoms with Crippen LogP contribution >= 0.6 is 0 Å². The summed E-state index contributed by atoms with van der Waals surface area (Å²) >= 11 is 0. The minimum absolute atomic E-state index is 0.156. The van der Waals surface area contributed by atoms with E-state index in [0.29, 0.717) is 0 Å². The van der Waals surface area contributed by atoms with Crippen molar-refractivity contribution in [2.45, 2.75) is 18.8 Å². The lowest BCUT2D eigenvalue weighted by Gasteiger charge is -2.15. The van der Waals surface area contributed by atoms with Gasteiger partial charge in [-0.15, -0.1) is 0 Å². The zero-order valence-corrected chi connectivity index (χ0v) is 11.7. The highest BCUT2D eigenvalue weighted by molar-refractivity contribution is 5.97. The van der Waals surface area contributed by atoms with Crippen LogP contribution in [-0.2, 0) is 24.5 Å². The molecule has 1 saturated carbocycles. The number of nitro benzene ring substituents is 1. The summed E-state index contributed by atoms with van der Waals surface area (Å²) in [7, 11) is 1.19. The van der Waals surface area contributed by atoms with Crippen LogP contribution in [0.15, 0.2) is 24.3 Å². The molecule has 0 spiro atoms. The second-order valence-electron chi connectivity index (χ2n) is 4.75. The molecular formula is C14H15NO6. The fraction of sp³-hybridized carbons (Fsp3) is 0.429. The number of hydrogen-bond acceptors (Lipinski definition) is 6. The van der Waals surface area contributed by atoms with Crippen molar-refractivity contribution in [2.24, 2.45) is 5.92 Å². The first-order chi connectivity index (χ1) is 9.98. The minimum atomic E-state index is -1.31. The van der Waals surface area contributed by atoms with Crippen molar-refractivity contribution in [2.75, 3.05) is 13.7 Å². The Kier molecular flexibility index (Phi) is 3.93. The van der Waals surface area contributed by atoms with E-state index in [2.05, 4.69) is 0 Å². The fourth-order valence-electron chi connectivity index (χ4n) is 2.62. The predicted octanol–water partition coefficient (Wildman–Crippen LogP) is 1.59. The van der Waals surface area contributed by atoms with Crippen LogP contribution < -0.4 is 0 Å². The summed E-state index contributed by atoms with van der Waals surface area (Å²) in [6, 6.07) is 5.89. The van der Waals surface area contributed by atoms with Gasteiger partial charge in [0.2, 0.25) is 0 Å². The Morgan fingerprint density at radius 1 is 1.43 bits per heavy atom. The number of nitrogens with zero attached hydrogens (tertiary/aromatic N) is 1. The van der Waals surface area contributed by atoms with Crippen LogP contribution in [0, 0.1) is 16.0 Å². The molecule has 1 aliphatic rings. The normalized spacial score (nSPS) is 23.2. The van der Waals surface area contributed by atoms with Gasteiger partial charge in [0.25, 0.3) is 5.69 Å². The van der Waals surface area contributed by atoms with Crippen LogP contribution in [0.3, 0.4) is 0 Å². The topological polar surface area (TPSA) is 95.7 Å². The number of nitro groups is 1. The van der Waals surface area contributed by atoms with Crippen molar-refractivity contribution in [3.63, 3.8) is 0 Å². The second-order valence-corrected chi connectivity index (χ2v) is 4.75. The van der Waals surface area contributed by atoms with E-state index in [1.54, 1.807) is 13.0 Å². The highest BCUT2D eigenvalue weighted by Crippen LogP contribution is 2.57. The van der Waals surface area contributed by atoms with E-state index in [4.69, 9.17) is 9.47 Å². The predicted molar refractivity (Wildman–Crippen MR) is 71.5 cm³/mol. The van der Waals surface area contributed by atoms with E-state index in [9.17, 15) is 19.7 Å². The first-order valence-electron chi connectivity index (χ1n) is 6.48. The quantitative estimate of drug-likeness (QED) is 0.464. The summed E-state index contributed by atoms with van der Waals surface area (Å²) in [4.78, 5) is 34.6. The number of benzene rings is 1. The van der Waals surface area contributed by atoms with Gasteiger partial charge in [0.1, 0.15) is 5.41 Å². The summed E-state index contributed by atoms with van der Waals surface area (Å²) in [5.41, 5.74) is -1.32. The molecule has 0 saturated heterocycles. The first kappa shape index (κ1) is 15.0. The van der Waals surface area contributed by atoms with Gasteiger partial charge in [0, 0.05) is 11.6 Å². The molecule has 112 valence electrons. The Hall–Kier alpha value is -2.44. The molecule has 1 aromatic carbocycles. The van der Waals surface area contributed by atoms with Crippen LogP contribution in [0.4, 0.5) is 5.69 Å². The molecule has 7 heteroatoms. The molecule has 2 rings (SSSR count). The minimum Gasteiger partial charge on any atom is -0.468 e. The molecule has 21 heavy (non-hydrogen) atoms. The number of carbonyl (C=O) groups is 2. The maximum absolute atomic E-state index is 12.1. The summed E-state index contributed by atoms with van der Waals surface area (Å²) in [5.74, 6) is -1.94. The zero-order valence-electron chi connectivity index (χ0n) is 11.7. The van der Waals surface area contributed by atoms with Crippen LogP contribution in [0.5, 0.6) is 0 Å². The molecule has 1 aliphatic carbocycles. The smallest absolute Gasteiger partial charge is 0.317 e. The monoisotopic (exact) mass is 293 g/mol. The van der Waals surface area contributed by atoms with Gasteiger partial charge in [-0.1, -0.05) is 18.2 Å². The maximum atomic E-state index is 12.1. The van der Waals surface area contributed by atoms with E-state index in [1.165, 1.54) is 25.3 Å². The van der Waals surface area contributed by atoms with Crippen LogP contribution in [0.25, 0.3) is 0 Å². The molecule has 0 amide bonds. The van der Waals surface area contributed by atoms with Crippen LogP contribution in [0.2, 0.25) is 0 Å². The lowest BCUT2D eigenvalue weighted by Crippen LogP contribution is -2.28. The Bertz CT molecular complexity index is 599. The molecule has 2 atom stereocenters. The van der Waals surface area contributed by atoms with Gasteiger partial charge < -0.3 is 9.47 Å². The summed E-state index contributed by atoms with van der Waals surface area (Å²) in [6.07, 6.45) is 0.156.